The quantitative estimate of drug-likeness (QED) is 0.471. The molecule has 4 heterocycles. The average molecular weight is 489 g/mol. The summed E-state index contributed by atoms with van der Waals surface area (Å²) in [6, 6.07) is 8.77. The minimum atomic E-state index is -0.619. The van der Waals surface area contributed by atoms with Crippen molar-refractivity contribution in [3.05, 3.63) is 59.8 Å². The number of aromatic nitrogens is 3. The number of amides is 1. The first-order chi connectivity index (χ1) is 17.6. The second-order valence-corrected chi connectivity index (χ2v) is 9.56. The fourth-order valence-electron chi connectivity index (χ4n) is 5.35. The van der Waals surface area contributed by atoms with Gasteiger partial charge in [0.15, 0.2) is 0 Å². The maximum absolute atomic E-state index is 15.3. The second-order valence-electron chi connectivity index (χ2n) is 9.56. The third kappa shape index (κ3) is 3.35. The summed E-state index contributed by atoms with van der Waals surface area (Å²) in [6.45, 7) is 3.43. The molecule has 0 bridgehead atoms. The zero-order chi connectivity index (χ0) is 24.4. The molecule has 1 saturated heterocycles. The van der Waals surface area contributed by atoms with Crippen LogP contribution >= 0.6 is 0 Å². The molecule has 1 saturated carbocycles. The van der Waals surface area contributed by atoms with Crippen LogP contribution in [0.5, 0.6) is 5.75 Å². The second kappa shape index (κ2) is 8.06. The Morgan fingerprint density at radius 1 is 1.14 bits per heavy atom. The van der Waals surface area contributed by atoms with Gasteiger partial charge >= 0.3 is 0 Å². The predicted octanol–water partition coefficient (Wildman–Crippen LogP) is 3.18. The summed E-state index contributed by atoms with van der Waals surface area (Å²) in [5.74, 6) is 0.0717. The smallest absolute Gasteiger partial charge is 0.257 e. The lowest BCUT2D eigenvalue weighted by atomic mass is 10.0. The van der Waals surface area contributed by atoms with E-state index in [0.717, 1.165) is 42.9 Å². The minimum absolute atomic E-state index is 0.00867. The van der Waals surface area contributed by atoms with Crippen LogP contribution in [-0.2, 0) is 4.74 Å². The molecule has 4 aromatic rings. The molecule has 2 aromatic heterocycles. The van der Waals surface area contributed by atoms with E-state index < -0.39 is 5.82 Å². The average Bonchev–Trinajstić information content (AvgIpc) is 3.43. The molecule has 0 radical (unpaired) electrons. The molecule has 2 aromatic carbocycles. The van der Waals surface area contributed by atoms with Crippen molar-refractivity contribution in [2.45, 2.75) is 24.9 Å². The van der Waals surface area contributed by atoms with E-state index in [2.05, 4.69) is 20.9 Å². The number of anilines is 2. The molecule has 1 atom stereocenters. The van der Waals surface area contributed by atoms with E-state index in [1.54, 1.807) is 27.9 Å². The summed E-state index contributed by atoms with van der Waals surface area (Å²) >= 11 is 0. The number of hydrogen-bond donors (Lipinski definition) is 1. The van der Waals surface area contributed by atoms with Crippen molar-refractivity contribution in [1.29, 1.82) is 0 Å². The molecule has 2 aliphatic heterocycles. The SMILES string of the molecule is Nc1nc2cc(F)c(C(=O)N(C3CC3)C3COc4cc(N5CCOCC5)ccc43)cc2n2cncc12. The maximum Gasteiger partial charge on any atom is 0.257 e. The van der Waals surface area contributed by atoms with Crippen LogP contribution in [0.15, 0.2) is 42.9 Å². The fourth-order valence-corrected chi connectivity index (χ4v) is 5.35. The number of fused-ring (bicyclic) bond motifs is 4. The van der Waals surface area contributed by atoms with Gasteiger partial charge in [0.2, 0.25) is 0 Å². The van der Waals surface area contributed by atoms with Crippen molar-refractivity contribution in [1.82, 2.24) is 19.3 Å². The number of rotatable bonds is 4. The Morgan fingerprint density at radius 3 is 2.78 bits per heavy atom. The number of morpholine rings is 1. The summed E-state index contributed by atoms with van der Waals surface area (Å²) < 4.78 is 28.6. The number of carbonyl (C=O) groups is 1. The highest BCUT2D eigenvalue weighted by molar-refractivity contribution is 5.99. The molecule has 10 heteroatoms. The standard InChI is InChI=1S/C26H25FN6O3/c27-19-11-20-21(32-14-29-12-22(32)25(28)30-20)10-18(19)26(34)33(15-1-2-15)23-13-36-24-9-16(3-4-17(23)24)31-5-7-35-8-6-31/h3-4,9-12,14-15,23H,1-2,5-8,13H2,(H2,28,30). The Balaban J connectivity index is 1.25. The number of nitrogens with zero attached hydrogens (tertiary/aromatic N) is 5. The van der Waals surface area contributed by atoms with E-state index in [9.17, 15) is 4.79 Å². The molecular formula is C26H25FN6O3. The number of carbonyl (C=O) groups excluding carboxylic acids is 1. The zero-order valence-electron chi connectivity index (χ0n) is 19.6. The number of ether oxygens (including phenoxy) is 2. The first kappa shape index (κ1) is 21.4. The van der Waals surface area contributed by atoms with Crippen LogP contribution < -0.4 is 15.4 Å². The van der Waals surface area contributed by atoms with Crippen LogP contribution in [0.1, 0.15) is 34.8 Å². The highest BCUT2D eigenvalue weighted by atomic mass is 19.1. The van der Waals surface area contributed by atoms with Crippen molar-refractivity contribution < 1.29 is 18.7 Å². The van der Waals surface area contributed by atoms with Crippen molar-refractivity contribution in [3.8, 4) is 5.75 Å². The van der Waals surface area contributed by atoms with E-state index >= 15 is 4.39 Å². The lowest BCUT2D eigenvalue weighted by molar-refractivity contribution is 0.0625. The highest BCUT2D eigenvalue weighted by Crippen LogP contribution is 2.44. The van der Waals surface area contributed by atoms with Gasteiger partial charge in [-0.3, -0.25) is 9.20 Å². The third-order valence-electron chi connectivity index (χ3n) is 7.34. The van der Waals surface area contributed by atoms with Crippen LogP contribution in [0, 0.1) is 5.82 Å². The van der Waals surface area contributed by atoms with Crippen molar-refractivity contribution >= 4 is 34.0 Å². The van der Waals surface area contributed by atoms with Gasteiger partial charge in [-0.2, -0.15) is 0 Å². The summed E-state index contributed by atoms with van der Waals surface area (Å²) in [5.41, 5.74) is 9.61. The van der Waals surface area contributed by atoms with Crippen molar-refractivity contribution in [2.24, 2.45) is 0 Å². The summed E-state index contributed by atoms with van der Waals surface area (Å²) in [4.78, 5) is 26.4. The van der Waals surface area contributed by atoms with Gasteiger partial charge in [-0.15, -0.1) is 0 Å². The maximum atomic E-state index is 15.3. The minimum Gasteiger partial charge on any atom is -0.491 e. The Morgan fingerprint density at radius 2 is 1.97 bits per heavy atom. The number of nitrogens with two attached hydrogens (primary N) is 1. The number of imidazole rings is 1. The van der Waals surface area contributed by atoms with Gasteiger partial charge in [-0.1, -0.05) is 6.07 Å². The van der Waals surface area contributed by atoms with Crippen LogP contribution in [0.4, 0.5) is 15.9 Å². The molecule has 2 fully saturated rings. The molecule has 184 valence electrons. The van der Waals surface area contributed by atoms with Gasteiger partial charge in [-0.05, 0) is 25.0 Å². The Hall–Kier alpha value is -3.92. The van der Waals surface area contributed by atoms with Gasteiger partial charge < -0.3 is 25.0 Å². The lowest BCUT2D eigenvalue weighted by Gasteiger charge is -2.30. The van der Waals surface area contributed by atoms with E-state index in [4.69, 9.17) is 15.2 Å². The molecule has 3 aliphatic rings. The summed E-state index contributed by atoms with van der Waals surface area (Å²) in [7, 11) is 0. The number of halogens is 1. The molecular weight excluding hydrogens is 463 g/mol. The van der Waals surface area contributed by atoms with Crippen LogP contribution in [0.3, 0.4) is 0 Å². The van der Waals surface area contributed by atoms with E-state index in [-0.39, 0.29) is 29.4 Å². The summed E-state index contributed by atoms with van der Waals surface area (Å²) in [5, 5.41) is 0. The third-order valence-corrected chi connectivity index (χ3v) is 7.34. The lowest BCUT2D eigenvalue weighted by Crippen LogP contribution is -2.38. The molecule has 1 aliphatic carbocycles. The first-order valence-electron chi connectivity index (χ1n) is 12.2. The molecule has 0 spiro atoms. The van der Waals surface area contributed by atoms with E-state index in [0.29, 0.717) is 36.4 Å². The summed E-state index contributed by atoms with van der Waals surface area (Å²) in [6.07, 6.45) is 4.97. The van der Waals surface area contributed by atoms with Gasteiger partial charge in [0.1, 0.15) is 29.5 Å². The van der Waals surface area contributed by atoms with E-state index in [1.165, 1.54) is 6.07 Å². The molecule has 7 rings (SSSR count). The zero-order valence-corrected chi connectivity index (χ0v) is 19.6. The first-order valence-corrected chi connectivity index (χ1v) is 12.2. The van der Waals surface area contributed by atoms with Crippen LogP contribution in [-0.4, -0.2) is 64.1 Å². The Kier molecular flexibility index (Phi) is 4.78. The molecule has 1 unspecified atom stereocenters. The van der Waals surface area contributed by atoms with Gasteiger partial charge in [0.25, 0.3) is 5.91 Å². The highest BCUT2D eigenvalue weighted by Gasteiger charge is 2.42. The fraction of sp³-hybridized carbons (Fsp3) is 0.346. The van der Waals surface area contributed by atoms with Crippen molar-refractivity contribution in [3.63, 3.8) is 0 Å². The molecule has 9 nitrogen and oxygen atoms in total. The van der Waals surface area contributed by atoms with Crippen molar-refractivity contribution in [2.75, 3.05) is 43.5 Å². The number of benzene rings is 2. The topological polar surface area (TPSA) is 98.2 Å². The Labute approximate surface area is 206 Å². The van der Waals surface area contributed by atoms with Gasteiger partial charge in [0, 0.05) is 42.5 Å². The predicted molar refractivity (Wildman–Crippen MR) is 132 cm³/mol. The number of nitrogen functional groups attached to an aromatic ring is 1. The van der Waals surface area contributed by atoms with Crippen LogP contribution in [0.25, 0.3) is 16.6 Å². The molecule has 2 N–H and O–H groups in total. The monoisotopic (exact) mass is 488 g/mol. The normalized spacial score (nSPS) is 19.5. The number of hydrogen-bond acceptors (Lipinski definition) is 7. The Bertz CT molecular complexity index is 1510. The van der Waals surface area contributed by atoms with Gasteiger partial charge in [-0.25, -0.2) is 14.4 Å². The van der Waals surface area contributed by atoms with Crippen LogP contribution in [0.2, 0.25) is 0 Å². The molecule has 1 amide bonds. The largest absolute Gasteiger partial charge is 0.491 e. The van der Waals surface area contributed by atoms with E-state index in [1.807, 2.05) is 12.1 Å². The molecule has 36 heavy (non-hydrogen) atoms. The van der Waals surface area contributed by atoms with Gasteiger partial charge in [0.05, 0.1) is 48.4 Å².